The molecule has 0 saturated heterocycles. The Bertz CT molecular complexity index is 659. The number of methoxy groups -OCH3 is 1. The Labute approximate surface area is 141 Å². The van der Waals surface area contributed by atoms with Gasteiger partial charge in [-0.05, 0) is 24.6 Å². The lowest BCUT2D eigenvalue weighted by atomic mass is 10.2. The van der Waals surface area contributed by atoms with E-state index in [-0.39, 0.29) is 0 Å². The van der Waals surface area contributed by atoms with Crippen molar-refractivity contribution in [2.75, 3.05) is 19.5 Å². The fraction of sp³-hybridized carbons (Fsp3) is 0.278. The van der Waals surface area contributed by atoms with E-state index in [1.54, 1.807) is 7.11 Å². The number of hydrogen-bond donors (Lipinski definition) is 1. The highest BCUT2D eigenvalue weighted by Gasteiger charge is 2.02. The van der Waals surface area contributed by atoms with Crippen LogP contribution < -0.4 is 15.2 Å². The van der Waals surface area contributed by atoms with Crippen LogP contribution in [0.2, 0.25) is 0 Å². The number of aliphatic imine (C=N–C) groups is 1. The average molecular weight is 330 g/mol. The molecule has 2 aromatic carbocycles. The van der Waals surface area contributed by atoms with Crippen LogP contribution in [-0.4, -0.2) is 24.6 Å². The molecule has 0 spiro atoms. The fourth-order valence-corrected chi connectivity index (χ4v) is 2.59. The number of thioether (sulfide) groups is 1. The van der Waals surface area contributed by atoms with Gasteiger partial charge in [-0.2, -0.15) is 0 Å². The Morgan fingerprint density at radius 2 is 1.78 bits per heavy atom. The summed E-state index contributed by atoms with van der Waals surface area (Å²) in [6.07, 6.45) is 0. The van der Waals surface area contributed by atoms with Gasteiger partial charge >= 0.3 is 0 Å². The molecule has 0 radical (unpaired) electrons. The van der Waals surface area contributed by atoms with Crippen molar-refractivity contribution in [3.63, 3.8) is 0 Å². The second-order valence-corrected chi connectivity index (χ2v) is 6.04. The third-order valence-corrected chi connectivity index (χ3v) is 4.08. The molecule has 23 heavy (non-hydrogen) atoms. The van der Waals surface area contributed by atoms with Gasteiger partial charge in [0.1, 0.15) is 11.5 Å². The molecule has 0 bridgehead atoms. The van der Waals surface area contributed by atoms with Crippen molar-refractivity contribution in [3.05, 3.63) is 59.7 Å². The van der Waals surface area contributed by atoms with E-state index >= 15 is 0 Å². The van der Waals surface area contributed by atoms with Gasteiger partial charge in [-0.25, -0.2) is 0 Å². The quantitative estimate of drug-likeness (QED) is 0.478. The first-order valence-corrected chi connectivity index (χ1v) is 8.42. The molecule has 0 atom stereocenters. The minimum atomic E-state index is 0.515. The first-order valence-electron chi connectivity index (χ1n) is 7.43. The Morgan fingerprint density at radius 3 is 2.52 bits per heavy atom. The van der Waals surface area contributed by atoms with Crippen LogP contribution in [0.1, 0.15) is 11.1 Å². The van der Waals surface area contributed by atoms with Gasteiger partial charge < -0.3 is 15.2 Å². The third kappa shape index (κ3) is 5.53. The zero-order chi connectivity index (χ0) is 16.5. The van der Waals surface area contributed by atoms with E-state index < -0.39 is 0 Å². The number of ether oxygens (including phenoxy) is 2. The van der Waals surface area contributed by atoms with Crippen molar-refractivity contribution >= 4 is 16.9 Å². The summed E-state index contributed by atoms with van der Waals surface area (Å²) < 4.78 is 11.0. The molecule has 0 aromatic heterocycles. The van der Waals surface area contributed by atoms with Crippen molar-refractivity contribution in [1.82, 2.24) is 0 Å². The van der Waals surface area contributed by atoms with E-state index in [9.17, 15) is 0 Å². The van der Waals surface area contributed by atoms with Gasteiger partial charge in [0.25, 0.3) is 0 Å². The highest BCUT2D eigenvalue weighted by atomic mass is 32.2. The SMILES string of the molecule is COc1ccccc1CN=C(N)SCCOc1ccccc1C. The van der Waals surface area contributed by atoms with Crippen LogP contribution in [-0.2, 0) is 6.54 Å². The molecule has 2 aromatic rings. The Kier molecular flexibility index (Phi) is 6.81. The van der Waals surface area contributed by atoms with Crippen LogP contribution in [0.5, 0.6) is 11.5 Å². The number of para-hydroxylation sites is 2. The number of nitrogens with zero attached hydrogens (tertiary/aromatic N) is 1. The Balaban J connectivity index is 1.76. The van der Waals surface area contributed by atoms with Crippen LogP contribution in [0.15, 0.2) is 53.5 Å². The normalized spacial score (nSPS) is 11.3. The molecule has 5 heteroatoms. The smallest absolute Gasteiger partial charge is 0.154 e. The maximum atomic E-state index is 5.94. The monoisotopic (exact) mass is 330 g/mol. The molecule has 0 heterocycles. The van der Waals surface area contributed by atoms with Crippen molar-refractivity contribution in [3.8, 4) is 11.5 Å². The lowest BCUT2D eigenvalue weighted by molar-refractivity contribution is 0.342. The van der Waals surface area contributed by atoms with E-state index in [4.69, 9.17) is 15.2 Å². The molecular formula is C18H22N2O2S. The lowest BCUT2D eigenvalue weighted by Gasteiger charge is -2.08. The van der Waals surface area contributed by atoms with Gasteiger partial charge in [0.15, 0.2) is 5.17 Å². The zero-order valence-electron chi connectivity index (χ0n) is 13.5. The molecule has 2 rings (SSSR count). The molecule has 0 fully saturated rings. The number of benzene rings is 2. The summed E-state index contributed by atoms with van der Waals surface area (Å²) in [5.41, 5.74) is 8.10. The van der Waals surface area contributed by atoms with E-state index in [0.717, 1.165) is 28.4 Å². The third-order valence-electron chi connectivity index (χ3n) is 3.28. The molecule has 0 amide bonds. The number of nitrogens with two attached hydrogens (primary N) is 1. The van der Waals surface area contributed by atoms with Gasteiger partial charge in [-0.1, -0.05) is 48.2 Å². The molecule has 0 unspecified atom stereocenters. The van der Waals surface area contributed by atoms with Crippen molar-refractivity contribution in [1.29, 1.82) is 0 Å². The van der Waals surface area contributed by atoms with Crippen LogP contribution in [0.4, 0.5) is 0 Å². The zero-order valence-corrected chi connectivity index (χ0v) is 14.3. The Hall–Kier alpha value is -2.14. The summed E-state index contributed by atoms with van der Waals surface area (Å²) in [6, 6.07) is 15.8. The predicted octanol–water partition coefficient (Wildman–Crippen LogP) is 3.63. The molecular weight excluding hydrogens is 308 g/mol. The number of rotatable bonds is 7. The second kappa shape index (κ2) is 9.10. The van der Waals surface area contributed by atoms with Gasteiger partial charge in [-0.15, -0.1) is 0 Å². The summed E-state index contributed by atoms with van der Waals surface area (Å²) in [5, 5.41) is 0.560. The standard InChI is InChI=1S/C18H22N2O2S/c1-14-7-3-5-9-16(14)22-11-12-23-18(19)20-13-15-8-4-6-10-17(15)21-2/h3-10H,11-13H2,1-2H3,(H2,19,20). The molecule has 0 aliphatic rings. The summed E-state index contributed by atoms with van der Waals surface area (Å²) in [4.78, 5) is 4.39. The fourth-order valence-electron chi connectivity index (χ4n) is 2.06. The summed E-state index contributed by atoms with van der Waals surface area (Å²) in [5.74, 6) is 2.50. The highest BCUT2D eigenvalue weighted by molar-refractivity contribution is 8.13. The second-order valence-electron chi connectivity index (χ2n) is 4.93. The summed E-state index contributed by atoms with van der Waals surface area (Å²) in [7, 11) is 1.66. The number of amidine groups is 1. The van der Waals surface area contributed by atoms with Crippen molar-refractivity contribution in [2.45, 2.75) is 13.5 Å². The first kappa shape index (κ1) is 17.2. The molecule has 2 N–H and O–H groups in total. The highest BCUT2D eigenvalue weighted by Crippen LogP contribution is 2.19. The molecule has 0 aliphatic carbocycles. The van der Waals surface area contributed by atoms with Crippen molar-refractivity contribution in [2.24, 2.45) is 10.7 Å². The van der Waals surface area contributed by atoms with Crippen LogP contribution >= 0.6 is 11.8 Å². The van der Waals surface area contributed by atoms with Crippen LogP contribution in [0.25, 0.3) is 0 Å². The van der Waals surface area contributed by atoms with Crippen LogP contribution in [0.3, 0.4) is 0 Å². The molecule has 0 saturated carbocycles. The predicted molar refractivity (Wildman–Crippen MR) is 97.5 cm³/mol. The molecule has 122 valence electrons. The summed E-state index contributed by atoms with van der Waals surface area (Å²) in [6.45, 7) is 3.15. The number of aryl methyl sites for hydroxylation is 1. The van der Waals surface area contributed by atoms with Gasteiger partial charge in [-0.3, -0.25) is 4.99 Å². The topological polar surface area (TPSA) is 56.8 Å². The minimum absolute atomic E-state index is 0.515. The molecule has 0 aliphatic heterocycles. The maximum Gasteiger partial charge on any atom is 0.154 e. The van der Waals surface area contributed by atoms with Gasteiger partial charge in [0, 0.05) is 11.3 Å². The lowest BCUT2D eigenvalue weighted by Crippen LogP contribution is -2.11. The largest absolute Gasteiger partial charge is 0.496 e. The van der Waals surface area contributed by atoms with Crippen LogP contribution in [0, 0.1) is 6.92 Å². The van der Waals surface area contributed by atoms with E-state index in [1.165, 1.54) is 11.8 Å². The molecule has 4 nitrogen and oxygen atoms in total. The van der Waals surface area contributed by atoms with E-state index in [0.29, 0.717) is 18.3 Å². The maximum absolute atomic E-state index is 5.94. The first-order chi connectivity index (χ1) is 11.2. The van der Waals surface area contributed by atoms with Crippen molar-refractivity contribution < 1.29 is 9.47 Å². The van der Waals surface area contributed by atoms with Gasteiger partial charge in [0.2, 0.25) is 0 Å². The van der Waals surface area contributed by atoms with E-state index in [2.05, 4.69) is 4.99 Å². The van der Waals surface area contributed by atoms with Gasteiger partial charge in [0.05, 0.1) is 20.3 Å². The van der Waals surface area contributed by atoms with E-state index in [1.807, 2.05) is 55.5 Å². The average Bonchev–Trinajstić information content (AvgIpc) is 2.58. The summed E-state index contributed by atoms with van der Waals surface area (Å²) >= 11 is 1.50. The number of hydrogen-bond acceptors (Lipinski definition) is 4. The Morgan fingerprint density at radius 1 is 1.09 bits per heavy atom. The minimum Gasteiger partial charge on any atom is -0.496 e.